The summed E-state index contributed by atoms with van der Waals surface area (Å²) in [4.78, 5) is 11.6. The second-order valence-electron chi connectivity index (χ2n) is 5.79. The molecule has 11 heteroatoms. The minimum Gasteiger partial charge on any atom is -0.493 e. The largest absolute Gasteiger partial charge is 0.493 e. The molecule has 0 unspecified atom stereocenters. The minimum absolute atomic E-state index is 0.0459. The van der Waals surface area contributed by atoms with Gasteiger partial charge in [-0.1, -0.05) is 0 Å². The molecule has 0 aliphatic heterocycles. The fourth-order valence-corrected chi connectivity index (χ4v) is 3.66. The molecule has 0 bridgehead atoms. The van der Waals surface area contributed by atoms with Crippen molar-refractivity contribution in [1.29, 1.82) is 0 Å². The highest BCUT2D eigenvalue weighted by molar-refractivity contribution is 7.92. The first-order valence-corrected chi connectivity index (χ1v) is 10.1. The van der Waals surface area contributed by atoms with Gasteiger partial charge in [0.1, 0.15) is 18.0 Å². The molecule has 0 radical (unpaired) electrons. The predicted octanol–water partition coefficient (Wildman–Crippen LogP) is 2.24. The molecule has 0 atom stereocenters. The Balaban J connectivity index is 2.45. The number of anilines is 1. The highest BCUT2D eigenvalue weighted by atomic mass is 32.2. The highest BCUT2D eigenvalue weighted by Gasteiger charge is 2.28. The number of carbonyl (C=O) groups is 1. The molecule has 0 aliphatic carbocycles. The third kappa shape index (κ3) is 5.05. The predicted molar refractivity (Wildman–Crippen MR) is 108 cm³/mol. The number of methoxy groups -OCH3 is 4. The van der Waals surface area contributed by atoms with Gasteiger partial charge in [-0.05, 0) is 24.3 Å². The van der Waals surface area contributed by atoms with Crippen molar-refractivity contribution in [2.75, 3.05) is 46.4 Å². The number of carboxylic acid groups (broad SMARTS) is 1. The highest BCUT2D eigenvalue weighted by Crippen LogP contribution is 2.45. The Labute approximate surface area is 174 Å². The molecule has 2 aromatic rings. The van der Waals surface area contributed by atoms with Crippen LogP contribution in [-0.2, 0) is 14.8 Å². The lowest BCUT2D eigenvalue weighted by molar-refractivity contribution is 0.0697. The van der Waals surface area contributed by atoms with E-state index in [1.165, 1.54) is 45.6 Å². The van der Waals surface area contributed by atoms with Crippen LogP contribution in [-0.4, -0.2) is 61.1 Å². The first kappa shape index (κ1) is 23.1. The molecule has 164 valence electrons. The van der Waals surface area contributed by atoms with Gasteiger partial charge < -0.3 is 28.8 Å². The molecule has 0 saturated carbocycles. The molecule has 10 nitrogen and oxygen atoms in total. The summed E-state index contributed by atoms with van der Waals surface area (Å²) < 4.78 is 53.9. The second-order valence-corrected chi connectivity index (χ2v) is 7.47. The van der Waals surface area contributed by atoms with E-state index in [4.69, 9.17) is 23.7 Å². The Morgan fingerprint density at radius 3 is 2.10 bits per heavy atom. The van der Waals surface area contributed by atoms with Gasteiger partial charge in [-0.2, -0.15) is 0 Å². The van der Waals surface area contributed by atoms with Crippen molar-refractivity contribution >= 4 is 21.7 Å². The normalized spacial score (nSPS) is 10.9. The van der Waals surface area contributed by atoms with Crippen LogP contribution in [0.1, 0.15) is 10.4 Å². The van der Waals surface area contributed by atoms with Crippen LogP contribution >= 0.6 is 0 Å². The number of rotatable bonds is 11. The quantitative estimate of drug-likeness (QED) is 0.504. The van der Waals surface area contributed by atoms with Crippen molar-refractivity contribution in [3.8, 4) is 23.0 Å². The van der Waals surface area contributed by atoms with E-state index >= 15 is 0 Å². The van der Waals surface area contributed by atoms with Crippen LogP contribution in [0.4, 0.5) is 5.69 Å². The van der Waals surface area contributed by atoms with Crippen molar-refractivity contribution in [3.63, 3.8) is 0 Å². The van der Waals surface area contributed by atoms with E-state index < -0.39 is 16.0 Å². The van der Waals surface area contributed by atoms with Gasteiger partial charge in [0.2, 0.25) is 5.75 Å². The smallest absolute Gasteiger partial charge is 0.338 e. The molecule has 0 aliphatic rings. The summed E-state index contributed by atoms with van der Waals surface area (Å²) >= 11 is 0. The lowest BCUT2D eigenvalue weighted by Gasteiger charge is -2.19. The molecule has 2 rings (SSSR count). The zero-order valence-corrected chi connectivity index (χ0v) is 17.7. The average molecular weight is 441 g/mol. The molecule has 0 fully saturated rings. The van der Waals surface area contributed by atoms with Gasteiger partial charge in [-0.25, -0.2) is 13.2 Å². The Bertz CT molecular complexity index is 988. The van der Waals surface area contributed by atoms with E-state index in [-0.39, 0.29) is 33.4 Å². The van der Waals surface area contributed by atoms with Gasteiger partial charge in [-0.15, -0.1) is 0 Å². The number of sulfonamides is 1. The van der Waals surface area contributed by atoms with Crippen LogP contribution in [0, 0.1) is 0 Å². The minimum atomic E-state index is -4.16. The Hall–Kier alpha value is -3.18. The van der Waals surface area contributed by atoms with E-state index in [2.05, 4.69) is 4.72 Å². The number of hydrogen-bond acceptors (Lipinski definition) is 8. The fraction of sp³-hybridized carbons (Fsp3) is 0.316. The summed E-state index contributed by atoms with van der Waals surface area (Å²) in [6.07, 6.45) is 0. The molecule has 0 spiro atoms. The maximum absolute atomic E-state index is 12.9. The lowest BCUT2D eigenvalue weighted by Crippen LogP contribution is -2.17. The topological polar surface area (TPSA) is 130 Å². The molecule has 0 heterocycles. The molecule has 0 amide bonds. The third-order valence-corrected chi connectivity index (χ3v) is 5.35. The summed E-state index contributed by atoms with van der Waals surface area (Å²) in [7, 11) is 1.28. The van der Waals surface area contributed by atoms with Gasteiger partial charge in [-0.3, -0.25) is 4.72 Å². The SMILES string of the molecule is COCCOc1ccc(S(=O)(=O)Nc2c(C(=O)O)cc(OC)c(OC)c2OC)cc1. The van der Waals surface area contributed by atoms with Crippen LogP contribution in [0.15, 0.2) is 35.2 Å². The van der Waals surface area contributed by atoms with Gasteiger partial charge in [0.15, 0.2) is 11.5 Å². The molecular formula is C19H23NO9S. The van der Waals surface area contributed by atoms with Gasteiger partial charge in [0, 0.05) is 13.2 Å². The zero-order valence-electron chi connectivity index (χ0n) is 16.9. The molecule has 30 heavy (non-hydrogen) atoms. The van der Waals surface area contributed by atoms with Gasteiger partial charge in [0.25, 0.3) is 10.0 Å². The number of benzene rings is 2. The average Bonchev–Trinajstić information content (AvgIpc) is 2.73. The van der Waals surface area contributed by atoms with Crippen LogP contribution < -0.4 is 23.7 Å². The van der Waals surface area contributed by atoms with E-state index in [1.54, 1.807) is 7.11 Å². The van der Waals surface area contributed by atoms with Crippen LogP contribution in [0.3, 0.4) is 0 Å². The van der Waals surface area contributed by atoms with Crippen molar-refractivity contribution < 1.29 is 42.0 Å². The number of ether oxygens (including phenoxy) is 5. The molecule has 0 saturated heterocycles. The summed E-state index contributed by atoms with van der Waals surface area (Å²) in [6.45, 7) is 0.699. The van der Waals surface area contributed by atoms with Crippen LogP contribution in [0.25, 0.3) is 0 Å². The number of hydrogen-bond donors (Lipinski definition) is 2. The van der Waals surface area contributed by atoms with Crippen molar-refractivity contribution in [3.05, 3.63) is 35.9 Å². The number of nitrogens with one attached hydrogen (secondary N) is 1. The summed E-state index contributed by atoms with van der Waals surface area (Å²) in [6, 6.07) is 6.77. The molecular weight excluding hydrogens is 418 g/mol. The molecule has 0 aromatic heterocycles. The summed E-state index contributed by atoms with van der Waals surface area (Å²) in [5, 5.41) is 9.56. The van der Waals surface area contributed by atoms with Gasteiger partial charge in [0.05, 0.1) is 38.4 Å². The maximum atomic E-state index is 12.9. The molecule has 2 aromatic carbocycles. The zero-order chi connectivity index (χ0) is 22.3. The van der Waals surface area contributed by atoms with E-state index in [0.717, 1.165) is 6.07 Å². The number of aromatic carboxylic acids is 1. The second kappa shape index (κ2) is 10.0. The van der Waals surface area contributed by atoms with Crippen LogP contribution in [0.2, 0.25) is 0 Å². The summed E-state index contributed by atoms with van der Waals surface area (Å²) in [5.41, 5.74) is -0.657. The van der Waals surface area contributed by atoms with E-state index in [1.807, 2.05) is 0 Å². The first-order chi connectivity index (χ1) is 14.3. The Morgan fingerprint density at radius 1 is 0.967 bits per heavy atom. The molecule has 2 N–H and O–H groups in total. The third-order valence-electron chi connectivity index (χ3n) is 3.99. The maximum Gasteiger partial charge on any atom is 0.338 e. The monoisotopic (exact) mass is 441 g/mol. The Morgan fingerprint density at radius 2 is 1.60 bits per heavy atom. The standard InChI is InChI=1S/C19H23NO9S/c1-25-9-10-29-12-5-7-13(8-6-12)30(23,24)20-16-14(19(21)22)11-15(26-2)17(27-3)18(16)28-4/h5-8,11,20H,9-10H2,1-4H3,(H,21,22). The van der Waals surface area contributed by atoms with Crippen LogP contribution in [0.5, 0.6) is 23.0 Å². The van der Waals surface area contributed by atoms with E-state index in [0.29, 0.717) is 19.0 Å². The summed E-state index contributed by atoms with van der Waals surface area (Å²) in [5.74, 6) is -0.927. The van der Waals surface area contributed by atoms with Crippen molar-refractivity contribution in [2.24, 2.45) is 0 Å². The van der Waals surface area contributed by atoms with Gasteiger partial charge >= 0.3 is 5.97 Å². The van der Waals surface area contributed by atoms with E-state index in [9.17, 15) is 18.3 Å². The van der Waals surface area contributed by atoms with Crippen molar-refractivity contribution in [1.82, 2.24) is 0 Å². The van der Waals surface area contributed by atoms with Crippen molar-refractivity contribution in [2.45, 2.75) is 4.90 Å². The number of carboxylic acids is 1. The lowest BCUT2D eigenvalue weighted by atomic mass is 10.1. The fourth-order valence-electron chi connectivity index (χ4n) is 2.58. The Kier molecular flexibility index (Phi) is 7.72. The first-order valence-electron chi connectivity index (χ1n) is 8.59.